The quantitative estimate of drug-likeness (QED) is 0.308. The lowest BCUT2D eigenvalue weighted by Crippen LogP contribution is -2.59. The summed E-state index contributed by atoms with van der Waals surface area (Å²) in [4.78, 5) is 11.8. The Morgan fingerprint density at radius 2 is 1.78 bits per heavy atom. The first kappa shape index (κ1) is 19.8. The van der Waals surface area contributed by atoms with Crippen molar-refractivity contribution in [3.8, 4) is 0 Å². The minimum Gasteiger partial charge on any atom is -0.430 e. The molecule has 0 aromatic rings. The van der Waals surface area contributed by atoms with E-state index in [-0.39, 0.29) is 0 Å². The molecule has 0 aromatic heterocycles. The zero-order chi connectivity index (χ0) is 17.6. The zero-order valence-electron chi connectivity index (χ0n) is 13.7. The number of rotatable bonds is 6. The van der Waals surface area contributed by atoms with Gasteiger partial charge < -0.3 is 29.9 Å². The Balaban J connectivity index is 2.60. The number of hydrogen-bond acceptors (Lipinski definition) is 7. The molecule has 0 bridgehead atoms. The van der Waals surface area contributed by atoms with Gasteiger partial charge in [-0.15, -0.1) is 0 Å². The molecule has 1 rings (SSSR count). The number of aliphatic hydroxyl groups excluding tert-OH is 4. The number of carbonyl (C=O) groups is 1. The SMILES string of the molecule is CC(C)=CCC/C(C)=C/C(=O)O[C@@H]1O[C@H](CO)[C@@H](O)[C@H](O)[C@H]1O. The van der Waals surface area contributed by atoms with Crippen LogP contribution in [-0.2, 0) is 14.3 Å². The Kier molecular flexibility index (Phi) is 7.87. The minimum absolute atomic E-state index is 0.573. The summed E-state index contributed by atoms with van der Waals surface area (Å²) in [5.74, 6) is -0.718. The number of carbonyl (C=O) groups excluding carboxylic acids is 1. The van der Waals surface area contributed by atoms with Gasteiger partial charge in [-0.25, -0.2) is 4.79 Å². The molecule has 0 spiro atoms. The van der Waals surface area contributed by atoms with Crippen molar-refractivity contribution in [3.63, 3.8) is 0 Å². The van der Waals surface area contributed by atoms with E-state index in [2.05, 4.69) is 6.08 Å². The fraction of sp³-hybridized carbons (Fsp3) is 0.688. The number of hydrogen-bond donors (Lipinski definition) is 4. The van der Waals surface area contributed by atoms with E-state index in [0.29, 0.717) is 6.42 Å². The normalized spacial score (nSPS) is 31.6. The summed E-state index contributed by atoms with van der Waals surface area (Å²) >= 11 is 0. The molecular weight excluding hydrogens is 304 g/mol. The molecule has 7 heteroatoms. The first-order valence-corrected chi connectivity index (χ1v) is 7.58. The van der Waals surface area contributed by atoms with Crippen LogP contribution in [0.15, 0.2) is 23.3 Å². The van der Waals surface area contributed by atoms with Crippen LogP contribution < -0.4 is 0 Å². The van der Waals surface area contributed by atoms with Crippen molar-refractivity contribution in [3.05, 3.63) is 23.3 Å². The van der Waals surface area contributed by atoms with Crippen molar-refractivity contribution in [2.75, 3.05) is 6.61 Å². The highest BCUT2D eigenvalue weighted by atomic mass is 16.7. The van der Waals surface area contributed by atoms with Gasteiger partial charge >= 0.3 is 5.97 Å². The van der Waals surface area contributed by atoms with Crippen molar-refractivity contribution in [1.29, 1.82) is 0 Å². The van der Waals surface area contributed by atoms with E-state index in [4.69, 9.17) is 14.6 Å². The predicted molar refractivity (Wildman–Crippen MR) is 82.3 cm³/mol. The van der Waals surface area contributed by atoms with Crippen molar-refractivity contribution >= 4 is 5.97 Å². The van der Waals surface area contributed by atoms with Crippen molar-refractivity contribution < 1.29 is 34.7 Å². The average Bonchev–Trinajstić information content (AvgIpc) is 2.47. The summed E-state index contributed by atoms with van der Waals surface area (Å²) in [5, 5.41) is 38.1. The molecule has 0 aliphatic carbocycles. The van der Waals surface area contributed by atoms with Crippen molar-refractivity contribution in [2.24, 2.45) is 0 Å². The lowest BCUT2D eigenvalue weighted by Gasteiger charge is -2.38. The van der Waals surface area contributed by atoms with Crippen LogP contribution >= 0.6 is 0 Å². The molecule has 1 heterocycles. The van der Waals surface area contributed by atoms with E-state index in [1.165, 1.54) is 11.6 Å². The van der Waals surface area contributed by atoms with Crippen molar-refractivity contribution in [1.82, 2.24) is 0 Å². The molecule has 0 unspecified atom stereocenters. The van der Waals surface area contributed by atoms with Gasteiger partial charge in [-0.3, -0.25) is 0 Å². The molecule has 0 amide bonds. The summed E-state index contributed by atoms with van der Waals surface area (Å²) in [6.45, 7) is 5.20. The van der Waals surface area contributed by atoms with E-state index in [1.54, 1.807) is 6.92 Å². The summed E-state index contributed by atoms with van der Waals surface area (Å²) in [7, 11) is 0. The molecule has 0 radical (unpaired) electrons. The highest BCUT2D eigenvalue weighted by Crippen LogP contribution is 2.22. The van der Waals surface area contributed by atoms with Crippen LogP contribution in [-0.4, -0.2) is 63.7 Å². The predicted octanol–water partition coefficient (Wildman–Crippen LogP) is 0.0222. The van der Waals surface area contributed by atoms with Crippen LogP contribution in [0.3, 0.4) is 0 Å². The van der Waals surface area contributed by atoms with Crippen LogP contribution in [0, 0.1) is 0 Å². The summed E-state index contributed by atoms with van der Waals surface area (Å²) in [5.41, 5.74) is 2.00. The van der Waals surface area contributed by atoms with Crippen LogP contribution in [0.4, 0.5) is 0 Å². The van der Waals surface area contributed by atoms with Crippen molar-refractivity contribution in [2.45, 2.75) is 64.3 Å². The number of ether oxygens (including phenoxy) is 2. The Labute approximate surface area is 135 Å². The zero-order valence-corrected chi connectivity index (χ0v) is 13.7. The van der Waals surface area contributed by atoms with Crippen LogP contribution in [0.1, 0.15) is 33.6 Å². The highest BCUT2D eigenvalue weighted by Gasteiger charge is 2.45. The fourth-order valence-corrected chi connectivity index (χ4v) is 2.18. The van der Waals surface area contributed by atoms with Gasteiger partial charge in [-0.1, -0.05) is 17.2 Å². The third kappa shape index (κ3) is 6.04. The molecule has 132 valence electrons. The van der Waals surface area contributed by atoms with E-state index < -0.39 is 43.3 Å². The fourth-order valence-electron chi connectivity index (χ4n) is 2.18. The topological polar surface area (TPSA) is 116 Å². The smallest absolute Gasteiger partial charge is 0.333 e. The molecule has 1 aliphatic rings. The molecule has 0 saturated carbocycles. The molecule has 7 nitrogen and oxygen atoms in total. The molecule has 1 saturated heterocycles. The molecule has 23 heavy (non-hydrogen) atoms. The maximum absolute atomic E-state index is 11.8. The maximum atomic E-state index is 11.8. The lowest BCUT2D eigenvalue weighted by molar-refractivity contribution is -0.291. The Hall–Kier alpha value is -1.25. The first-order valence-electron chi connectivity index (χ1n) is 7.58. The van der Waals surface area contributed by atoms with Gasteiger partial charge in [0.2, 0.25) is 6.29 Å². The Morgan fingerprint density at radius 1 is 1.13 bits per heavy atom. The molecular formula is C16H26O7. The van der Waals surface area contributed by atoms with Gasteiger partial charge in [0.15, 0.2) is 0 Å². The van der Waals surface area contributed by atoms with Crippen LogP contribution in [0.25, 0.3) is 0 Å². The summed E-state index contributed by atoms with van der Waals surface area (Å²) in [6, 6.07) is 0. The standard InChI is InChI=1S/C16H26O7/c1-9(2)5-4-6-10(3)7-12(18)23-16-15(21)14(20)13(19)11(8-17)22-16/h5,7,11,13-17,19-21H,4,6,8H2,1-3H3/b10-7+/t11-,13-,14+,15-,16+/m1/s1. The third-order valence-corrected chi connectivity index (χ3v) is 3.54. The monoisotopic (exact) mass is 330 g/mol. The van der Waals surface area contributed by atoms with Crippen LogP contribution in [0.5, 0.6) is 0 Å². The average molecular weight is 330 g/mol. The van der Waals surface area contributed by atoms with Gasteiger partial charge in [-0.05, 0) is 33.6 Å². The highest BCUT2D eigenvalue weighted by molar-refractivity contribution is 5.82. The van der Waals surface area contributed by atoms with Gasteiger partial charge in [0.1, 0.15) is 24.4 Å². The van der Waals surface area contributed by atoms with E-state index in [9.17, 15) is 20.1 Å². The minimum atomic E-state index is -1.59. The summed E-state index contributed by atoms with van der Waals surface area (Å²) in [6.07, 6.45) is -2.34. The largest absolute Gasteiger partial charge is 0.430 e. The maximum Gasteiger partial charge on any atom is 0.333 e. The van der Waals surface area contributed by atoms with Gasteiger partial charge in [0, 0.05) is 6.08 Å². The summed E-state index contributed by atoms with van der Waals surface area (Å²) < 4.78 is 10.1. The van der Waals surface area contributed by atoms with Gasteiger partial charge in [0.05, 0.1) is 6.61 Å². The second-order valence-corrected chi connectivity index (χ2v) is 5.95. The second-order valence-electron chi connectivity index (χ2n) is 5.95. The molecule has 1 fully saturated rings. The molecule has 4 N–H and O–H groups in total. The molecule has 0 aromatic carbocycles. The van der Waals surface area contributed by atoms with E-state index in [1.807, 2.05) is 13.8 Å². The Morgan fingerprint density at radius 3 is 2.35 bits per heavy atom. The van der Waals surface area contributed by atoms with Gasteiger partial charge in [-0.2, -0.15) is 0 Å². The molecule has 1 aliphatic heterocycles. The number of aliphatic hydroxyl groups is 4. The lowest BCUT2D eigenvalue weighted by atomic mass is 9.99. The number of allylic oxidation sites excluding steroid dienone is 3. The first-order chi connectivity index (χ1) is 10.8. The number of esters is 1. The van der Waals surface area contributed by atoms with E-state index >= 15 is 0 Å². The second kappa shape index (κ2) is 9.14. The third-order valence-electron chi connectivity index (χ3n) is 3.54. The van der Waals surface area contributed by atoms with Crippen LogP contribution in [0.2, 0.25) is 0 Å². The Bertz CT molecular complexity index is 451. The molecule has 5 atom stereocenters. The van der Waals surface area contributed by atoms with Gasteiger partial charge in [0.25, 0.3) is 0 Å². The van der Waals surface area contributed by atoms with E-state index in [0.717, 1.165) is 12.0 Å².